The van der Waals surface area contributed by atoms with Gasteiger partial charge in [-0.1, -0.05) is 12.1 Å². The van der Waals surface area contributed by atoms with Crippen LogP contribution in [-0.4, -0.2) is 23.1 Å². The lowest BCUT2D eigenvalue weighted by Gasteiger charge is -2.09. The van der Waals surface area contributed by atoms with Crippen molar-refractivity contribution < 1.29 is 9.90 Å². The maximum atomic E-state index is 11.5. The molecular weight excluding hydrogens is 204 g/mol. The molecule has 1 aliphatic rings. The second-order valence-electron chi connectivity index (χ2n) is 4.33. The molecule has 0 saturated heterocycles. The highest BCUT2D eigenvalue weighted by Crippen LogP contribution is 2.31. The Bertz CT molecular complexity index is 383. The van der Waals surface area contributed by atoms with Crippen LogP contribution in [0.25, 0.3) is 0 Å². The molecule has 1 saturated carbocycles. The molecule has 1 aromatic rings. The highest BCUT2D eigenvalue weighted by Gasteiger charge is 2.45. The number of benzene rings is 1. The fraction of sp³-hybridized carbons (Fsp3) is 0.417. The summed E-state index contributed by atoms with van der Waals surface area (Å²) in [6.45, 7) is 0.586. The Kier molecular flexibility index (Phi) is 2.83. The zero-order valence-electron chi connectivity index (χ0n) is 9.07. The van der Waals surface area contributed by atoms with Crippen LogP contribution in [0.2, 0.25) is 0 Å². The molecule has 0 bridgehead atoms. The van der Waals surface area contributed by atoms with Gasteiger partial charge < -0.3 is 16.2 Å². The summed E-state index contributed by atoms with van der Waals surface area (Å²) in [7, 11) is 0. The number of rotatable bonds is 4. The second-order valence-corrected chi connectivity index (χ2v) is 4.33. The average Bonchev–Trinajstić information content (AvgIpc) is 3.01. The molecule has 0 unspecified atom stereocenters. The smallest absolute Gasteiger partial charge is 0.240 e. The van der Waals surface area contributed by atoms with E-state index in [1.54, 1.807) is 12.1 Å². The maximum Gasteiger partial charge on any atom is 0.240 e. The highest BCUT2D eigenvalue weighted by atomic mass is 16.3. The van der Waals surface area contributed by atoms with Crippen LogP contribution in [0.4, 0.5) is 0 Å². The number of nitrogens with two attached hydrogens (primary N) is 1. The molecule has 0 spiro atoms. The molecule has 2 rings (SSSR count). The number of carbonyl (C=O) groups is 1. The highest BCUT2D eigenvalue weighted by molar-refractivity contribution is 5.88. The van der Waals surface area contributed by atoms with Gasteiger partial charge in [0, 0.05) is 6.54 Å². The minimum Gasteiger partial charge on any atom is -0.508 e. The normalized spacial score (nSPS) is 16.8. The van der Waals surface area contributed by atoms with Crippen molar-refractivity contribution >= 4 is 5.91 Å². The predicted octanol–water partition coefficient (Wildman–Crippen LogP) is 0.542. The SMILES string of the molecule is NC1(C(=O)NCCc2ccc(O)cc2)CC1. The van der Waals surface area contributed by atoms with E-state index >= 15 is 0 Å². The maximum absolute atomic E-state index is 11.5. The first-order chi connectivity index (χ1) is 7.60. The van der Waals surface area contributed by atoms with Gasteiger partial charge in [-0.2, -0.15) is 0 Å². The van der Waals surface area contributed by atoms with Crippen molar-refractivity contribution in [3.63, 3.8) is 0 Å². The van der Waals surface area contributed by atoms with E-state index in [0.29, 0.717) is 6.54 Å². The topological polar surface area (TPSA) is 75.4 Å². The van der Waals surface area contributed by atoms with Crippen LogP contribution in [-0.2, 0) is 11.2 Å². The van der Waals surface area contributed by atoms with Crippen molar-refractivity contribution in [1.82, 2.24) is 5.32 Å². The Morgan fingerprint density at radius 3 is 2.56 bits per heavy atom. The van der Waals surface area contributed by atoms with Gasteiger partial charge in [-0.3, -0.25) is 4.79 Å². The lowest BCUT2D eigenvalue weighted by molar-refractivity contribution is -0.123. The molecule has 4 N–H and O–H groups in total. The zero-order valence-corrected chi connectivity index (χ0v) is 9.07. The van der Waals surface area contributed by atoms with E-state index in [0.717, 1.165) is 24.8 Å². The lowest BCUT2D eigenvalue weighted by atomic mass is 10.1. The number of amides is 1. The Hall–Kier alpha value is -1.55. The number of phenolic OH excluding ortho intramolecular Hbond substituents is 1. The minimum absolute atomic E-state index is 0.0497. The first-order valence-electron chi connectivity index (χ1n) is 5.45. The number of hydrogen-bond acceptors (Lipinski definition) is 3. The Labute approximate surface area is 94.5 Å². The Morgan fingerprint density at radius 2 is 2.00 bits per heavy atom. The molecule has 86 valence electrons. The van der Waals surface area contributed by atoms with Crippen LogP contribution in [0.5, 0.6) is 5.75 Å². The molecule has 16 heavy (non-hydrogen) atoms. The van der Waals surface area contributed by atoms with Crippen molar-refractivity contribution in [2.45, 2.75) is 24.8 Å². The van der Waals surface area contributed by atoms with Crippen LogP contribution in [0, 0.1) is 0 Å². The third kappa shape index (κ3) is 2.52. The molecule has 1 fully saturated rings. The second kappa shape index (κ2) is 4.14. The third-order valence-electron chi connectivity index (χ3n) is 2.88. The number of phenols is 1. The van der Waals surface area contributed by atoms with E-state index in [9.17, 15) is 4.79 Å². The zero-order chi connectivity index (χ0) is 11.6. The summed E-state index contributed by atoms with van der Waals surface area (Å²) in [5.41, 5.74) is 6.24. The first-order valence-corrected chi connectivity index (χ1v) is 5.45. The summed E-state index contributed by atoms with van der Waals surface area (Å²) in [4.78, 5) is 11.5. The van der Waals surface area contributed by atoms with Gasteiger partial charge in [0.2, 0.25) is 5.91 Å². The van der Waals surface area contributed by atoms with E-state index in [2.05, 4.69) is 5.32 Å². The molecular formula is C12H16N2O2. The molecule has 1 amide bonds. The monoisotopic (exact) mass is 220 g/mol. The number of carbonyl (C=O) groups excluding carboxylic acids is 1. The van der Waals surface area contributed by atoms with E-state index < -0.39 is 5.54 Å². The standard InChI is InChI=1S/C12H16N2O2/c13-12(6-7-12)11(16)14-8-5-9-1-3-10(15)4-2-9/h1-4,15H,5-8,13H2,(H,14,16). The molecule has 0 radical (unpaired) electrons. The van der Waals surface area contributed by atoms with Crippen molar-refractivity contribution in [2.75, 3.05) is 6.54 Å². The van der Waals surface area contributed by atoms with Crippen LogP contribution >= 0.6 is 0 Å². The van der Waals surface area contributed by atoms with Crippen LogP contribution in [0.3, 0.4) is 0 Å². The van der Waals surface area contributed by atoms with E-state index in [-0.39, 0.29) is 11.7 Å². The average molecular weight is 220 g/mol. The van der Waals surface area contributed by atoms with Gasteiger partial charge in [0.05, 0.1) is 5.54 Å². The van der Waals surface area contributed by atoms with Crippen molar-refractivity contribution in [2.24, 2.45) is 5.73 Å². The van der Waals surface area contributed by atoms with Gasteiger partial charge in [0.25, 0.3) is 0 Å². The van der Waals surface area contributed by atoms with Crippen LogP contribution in [0.15, 0.2) is 24.3 Å². The largest absolute Gasteiger partial charge is 0.508 e. The van der Waals surface area contributed by atoms with Crippen LogP contribution in [0.1, 0.15) is 18.4 Å². The van der Waals surface area contributed by atoms with Gasteiger partial charge in [0.15, 0.2) is 0 Å². The summed E-state index contributed by atoms with van der Waals surface area (Å²) in [5.74, 6) is 0.206. The van der Waals surface area contributed by atoms with E-state index in [1.807, 2.05) is 12.1 Å². The first kappa shape index (κ1) is 11.0. The van der Waals surface area contributed by atoms with E-state index in [1.165, 1.54) is 0 Å². The molecule has 0 heterocycles. The van der Waals surface area contributed by atoms with Crippen LogP contribution < -0.4 is 11.1 Å². The summed E-state index contributed by atoms with van der Waals surface area (Å²) in [6, 6.07) is 6.97. The molecule has 4 nitrogen and oxygen atoms in total. The predicted molar refractivity (Wildman–Crippen MR) is 61.0 cm³/mol. The van der Waals surface area contributed by atoms with Gasteiger partial charge in [0.1, 0.15) is 5.75 Å². The molecule has 1 aromatic carbocycles. The molecule has 0 aliphatic heterocycles. The third-order valence-corrected chi connectivity index (χ3v) is 2.88. The van der Waals surface area contributed by atoms with Crippen molar-refractivity contribution in [3.05, 3.63) is 29.8 Å². The van der Waals surface area contributed by atoms with Gasteiger partial charge in [-0.05, 0) is 37.0 Å². The Balaban J connectivity index is 1.75. The quantitative estimate of drug-likeness (QED) is 0.693. The molecule has 0 aromatic heterocycles. The van der Waals surface area contributed by atoms with Gasteiger partial charge >= 0.3 is 0 Å². The fourth-order valence-electron chi connectivity index (χ4n) is 1.52. The summed E-state index contributed by atoms with van der Waals surface area (Å²) in [6.07, 6.45) is 2.33. The summed E-state index contributed by atoms with van der Waals surface area (Å²) >= 11 is 0. The van der Waals surface area contributed by atoms with E-state index in [4.69, 9.17) is 10.8 Å². The lowest BCUT2D eigenvalue weighted by Crippen LogP contribution is -2.43. The van der Waals surface area contributed by atoms with Gasteiger partial charge in [-0.15, -0.1) is 0 Å². The molecule has 1 aliphatic carbocycles. The summed E-state index contributed by atoms with van der Waals surface area (Å²) < 4.78 is 0. The number of hydrogen-bond donors (Lipinski definition) is 3. The van der Waals surface area contributed by atoms with Gasteiger partial charge in [-0.25, -0.2) is 0 Å². The minimum atomic E-state index is -0.588. The Morgan fingerprint density at radius 1 is 1.38 bits per heavy atom. The number of nitrogens with one attached hydrogen (secondary N) is 1. The fourth-order valence-corrected chi connectivity index (χ4v) is 1.52. The summed E-state index contributed by atoms with van der Waals surface area (Å²) in [5, 5.41) is 11.9. The van der Waals surface area contributed by atoms with Crippen molar-refractivity contribution in [1.29, 1.82) is 0 Å². The van der Waals surface area contributed by atoms with Crippen molar-refractivity contribution in [3.8, 4) is 5.75 Å². The number of aromatic hydroxyl groups is 1. The molecule has 4 heteroatoms. The molecule has 0 atom stereocenters.